The number of benzene rings is 2. The molecular weight excluding hydrogens is 394 g/mol. The molecule has 1 aromatic heterocycles. The third-order valence-corrected chi connectivity index (χ3v) is 4.99. The number of rotatable bonds is 5. The van der Waals surface area contributed by atoms with E-state index in [1.165, 1.54) is 4.90 Å². The van der Waals surface area contributed by atoms with E-state index >= 15 is 0 Å². The van der Waals surface area contributed by atoms with Gasteiger partial charge in [-0.2, -0.15) is 4.98 Å². The Labute approximate surface area is 171 Å². The van der Waals surface area contributed by atoms with Gasteiger partial charge in [0.25, 0.3) is 5.91 Å². The van der Waals surface area contributed by atoms with Crippen LogP contribution in [0.15, 0.2) is 47.0 Å². The van der Waals surface area contributed by atoms with E-state index in [0.717, 1.165) is 29.5 Å². The second-order valence-electron chi connectivity index (χ2n) is 6.93. The zero-order valence-electron chi connectivity index (χ0n) is 16.3. The zero-order valence-corrected chi connectivity index (χ0v) is 16.3. The first-order valence-corrected chi connectivity index (χ1v) is 9.47. The maximum atomic E-state index is 13.9. The first kappa shape index (κ1) is 20.0. The molecule has 0 radical (unpaired) electrons. The summed E-state index contributed by atoms with van der Waals surface area (Å²) in [5, 5.41) is 4.01. The van der Waals surface area contributed by atoms with Crippen LogP contribution >= 0.6 is 0 Å². The van der Waals surface area contributed by atoms with Crippen LogP contribution in [0.5, 0.6) is 5.75 Å². The van der Waals surface area contributed by atoms with Crippen molar-refractivity contribution in [2.45, 2.75) is 6.54 Å². The van der Waals surface area contributed by atoms with Crippen LogP contribution in [0.2, 0.25) is 0 Å². The Kier molecular flexibility index (Phi) is 5.71. The number of methoxy groups -OCH3 is 1. The summed E-state index contributed by atoms with van der Waals surface area (Å²) in [6.45, 7) is 2.36. The number of ether oxygens (including phenoxy) is 1. The smallest absolute Gasteiger partial charge is 0.257 e. The van der Waals surface area contributed by atoms with Crippen molar-refractivity contribution in [3.63, 3.8) is 0 Å². The van der Waals surface area contributed by atoms with Gasteiger partial charge in [0.1, 0.15) is 17.4 Å². The number of hydrogen-bond acceptors (Lipinski definition) is 6. The van der Waals surface area contributed by atoms with Crippen molar-refractivity contribution < 1.29 is 22.8 Å². The Hall–Kier alpha value is -3.33. The monoisotopic (exact) mass is 414 g/mol. The number of piperazine rings is 1. The van der Waals surface area contributed by atoms with Crippen molar-refractivity contribution in [3.05, 3.63) is 65.6 Å². The molecule has 2 aromatic carbocycles. The minimum atomic E-state index is -0.722. The number of amides is 1. The molecule has 0 atom stereocenters. The number of carbonyl (C=O) groups is 1. The molecule has 2 heterocycles. The largest absolute Gasteiger partial charge is 0.497 e. The lowest BCUT2D eigenvalue weighted by Crippen LogP contribution is -2.48. The maximum Gasteiger partial charge on any atom is 0.257 e. The molecule has 156 valence electrons. The highest BCUT2D eigenvalue weighted by molar-refractivity contribution is 5.94. The quantitative estimate of drug-likeness (QED) is 0.639. The van der Waals surface area contributed by atoms with Gasteiger partial charge in [0.05, 0.1) is 19.2 Å². The highest BCUT2D eigenvalue weighted by atomic mass is 19.1. The van der Waals surface area contributed by atoms with E-state index in [2.05, 4.69) is 15.0 Å². The lowest BCUT2D eigenvalue weighted by molar-refractivity contribution is 0.0610. The van der Waals surface area contributed by atoms with Gasteiger partial charge in [-0.05, 0) is 42.5 Å². The number of nitrogens with zero attached hydrogens (tertiary/aromatic N) is 4. The van der Waals surface area contributed by atoms with Gasteiger partial charge in [-0.25, -0.2) is 8.78 Å². The van der Waals surface area contributed by atoms with Crippen LogP contribution in [0.1, 0.15) is 16.2 Å². The zero-order chi connectivity index (χ0) is 21.1. The first-order valence-electron chi connectivity index (χ1n) is 9.47. The summed E-state index contributed by atoms with van der Waals surface area (Å²) < 4.78 is 37.7. The molecule has 0 spiro atoms. The summed E-state index contributed by atoms with van der Waals surface area (Å²) in [4.78, 5) is 20.5. The summed E-state index contributed by atoms with van der Waals surface area (Å²) in [7, 11) is 1.60. The van der Waals surface area contributed by atoms with Gasteiger partial charge in [0.15, 0.2) is 0 Å². The standard InChI is InChI=1S/C21H20F2N4O3/c1-29-16-5-2-14(3-6-16)20-24-19(30-25-20)13-26-8-10-27(11-9-26)21(28)17-12-15(22)4-7-18(17)23/h2-7,12H,8-11,13H2,1H3. The third-order valence-electron chi connectivity index (χ3n) is 4.99. The van der Waals surface area contributed by atoms with Crippen molar-refractivity contribution in [2.75, 3.05) is 33.3 Å². The van der Waals surface area contributed by atoms with Crippen molar-refractivity contribution in [1.29, 1.82) is 0 Å². The fraction of sp³-hybridized carbons (Fsp3) is 0.286. The van der Waals surface area contributed by atoms with Gasteiger partial charge in [-0.15, -0.1) is 0 Å². The molecule has 0 aliphatic carbocycles. The third kappa shape index (κ3) is 4.30. The van der Waals surface area contributed by atoms with E-state index in [1.807, 2.05) is 24.3 Å². The van der Waals surface area contributed by atoms with Crippen LogP contribution in [0, 0.1) is 11.6 Å². The second-order valence-corrected chi connectivity index (χ2v) is 6.93. The minimum absolute atomic E-state index is 0.246. The van der Waals surface area contributed by atoms with Gasteiger partial charge >= 0.3 is 0 Å². The van der Waals surface area contributed by atoms with E-state index < -0.39 is 17.5 Å². The van der Waals surface area contributed by atoms with Gasteiger partial charge in [-0.1, -0.05) is 5.16 Å². The van der Waals surface area contributed by atoms with Crippen LogP contribution in [0.4, 0.5) is 8.78 Å². The van der Waals surface area contributed by atoms with Crippen molar-refractivity contribution in [2.24, 2.45) is 0 Å². The summed E-state index contributed by atoms with van der Waals surface area (Å²) in [6, 6.07) is 10.2. The molecular formula is C21H20F2N4O3. The molecule has 9 heteroatoms. The number of carbonyl (C=O) groups excluding carboxylic acids is 1. The van der Waals surface area contributed by atoms with Gasteiger partial charge in [0.2, 0.25) is 11.7 Å². The summed E-state index contributed by atoms with van der Waals surface area (Å²) in [5.74, 6) is -0.165. The molecule has 0 bridgehead atoms. The van der Waals surface area contributed by atoms with Crippen LogP contribution in [0.3, 0.4) is 0 Å². The topological polar surface area (TPSA) is 71.7 Å². The molecule has 0 unspecified atom stereocenters. The molecule has 4 rings (SSSR count). The van der Waals surface area contributed by atoms with Crippen molar-refractivity contribution in [3.8, 4) is 17.1 Å². The normalized spacial score (nSPS) is 14.7. The maximum absolute atomic E-state index is 13.9. The fourth-order valence-corrected chi connectivity index (χ4v) is 3.31. The molecule has 1 fully saturated rings. The molecule has 1 saturated heterocycles. The van der Waals surface area contributed by atoms with E-state index in [0.29, 0.717) is 44.4 Å². The van der Waals surface area contributed by atoms with E-state index in [-0.39, 0.29) is 5.56 Å². The predicted octanol–water partition coefficient (Wildman–Crippen LogP) is 2.98. The molecule has 3 aromatic rings. The van der Waals surface area contributed by atoms with Crippen LogP contribution in [0.25, 0.3) is 11.4 Å². The molecule has 7 nitrogen and oxygen atoms in total. The van der Waals surface area contributed by atoms with Gasteiger partial charge < -0.3 is 14.2 Å². The lowest BCUT2D eigenvalue weighted by Gasteiger charge is -2.34. The average Bonchev–Trinajstić information content (AvgIpc) is 3.24. The highest BCUT2D eigenvalue weighted by Gasteiger charge is 2.25. The van der Waals surface area contributed by atoms with Crippen LogP contribution < -0.4 is 4.74 Å². The summed E-state index contributed by atoms with van der Waals surface area (Å²) in [6.07, 6.45) is 0. The predicted molar refractivity (Wildman–Crippen MR) is 104 cm³/mol. The van der Waals surface area contributed by atoms with E-state index in [1.54, 1.807) is 7.11 Å². The summed E-state index contributed by atoms with van der Waals surface area (Å²) >= 11 is 0. The molecule has 30 heavy (non-hydrogen) atoms. The Morgan fingerprint density at radius 2 is 1.83 bits per heavy atom. The molecule has 0 saturated carbocycles. The summed E-state index contributed by atoms with van der Waals surface area (Å²) in [5.41, 5.74) is 0.572. The van der Waals surface area contributed by atoms with Gasteiger partial charge in [0, 0.05) is 31.7 Å². The second kappa shape index (κ2) is 8.58. The Bertz CT molecular complexity index is 1030. The number of aromatic nitrogens is 2. The van der Waals surface area contributed by atoms with Crippen molar-refractivity contribution in [1.82, 2.24) is 19.9 Å². The molecule has 1 amide bonds. The Morgan fingerprint density at radius 1 is 1.10 bits per heavy atom. The molecule has 1 aliphatic rings. The highest BCUT2D eigenvalue weighted by Crippen LogP contribution is 2.20. The number of hydrogen-bond donors (Lipinski definition) is 0. The fourth-order valence-electron chi connectivity index (χ4n) is 3.31. The average molecular weight is 414 g/mol. The number of halogens is 2. The van der Waals surface area contributed by atoms with Gasteiger partial charge in [-0.3, -0.25) is 9.69 Å². The van der Waals surface area contributed by atoms with Crippen LogP contribution in [-0.4, -0.2) is 59.1 Å². The minimum Gasteiger partial charge on any atom is -0.497 e. The first-order chi connectivity index (χ1) is 14.5. The van der Waals surface area contributed by atoms with E-state index in [4.69, 9.17) is 9.26 Å². The SMILES string of the molecule is COc1ccc(-c2noc(CN3CCN(C(=O)c4cc(F)ccc4F)CC3)n2)cc1. The van der Waals surface area contributed by atoms with E-state index in [9.17, 15) is 13.6 Å². The van der Waals surface area contributed by atoms with Crippen molar-refractivity contribution >= 4 is 5.91 Å². The molecule has 1 aliphatic heterocycles. The lowest BCUT2D eigenvalue weighted by atomic mass is 10.1. The Balaban J connectivity index is 1.34. The molecule has 0 N–H and O–H groups in total. The Morgan fingerprint density at radius 3 is 2.53 bits per heavy atom. The van der Waals surface area contributed by atoms with Crippen LogP contribution in [-0.2, 0) is 6.54 Å².